The van der Waals surface area contributed by atoms with Crippen LogP contribution in [0, 0.1) is 0 Å². The zero-order valence-corrected chi connectivity index (χ0v) is 23.0. The predicted molar refractivity (Wildman–Crippen MR) is 154 cm³/mol. The number of amides is 1. The van der Waals surface area contributed by atoms with Crippen LogP contribution in [0.5, 0.6) is 28.7 Å². The van der Waals surface area contributed by atoms with Crippen LogP contribution in [0.4, 0.5) is 5.69 Å². The number of fused-ring (bicyclic) bond motifs is 1. The maximum Gasteiger partial charge on any atom is 0.311 e. The molecule has 0 saturated carbocycles. The fourth-order valence-corrected chi connectivity index (χ4v) is 4.90. The van der Waals surface area contributed by atoms with E-state index in [4.69, 9.17) is 37.4 Å². The molecular weight excluding hydrogens is 553 g/mol. The predicted octanol–water partition coefficient (Wildman–Crippen LogP) is 8.20. The van der Waals surface area contributed by atoms with Gasteiger partial charge in [0.15, 0.2) is 5.75 Å². The maximum absolute atomic E-state index is 13.6. The van der Waals surface area contributed by atoms with Crippen molar-refractivity contribution in [1.82, 2.24) is 0 Å². The summed E-state index contributed by atoms with van der Waals surface area (Å²) in [7, 11) is 0. The third kappa shape index (κ3) is 5.86. The monoisotopic (exact) mass is 577 g/mol. The number of carboxylic acid groups (broad SMARTS) is 1. The standard InChI is InChI=1S/C31H25Cl2NO6/c1-2-34(26-12-9-20(32)17-29(26)39-21-6-4-3-5-7-21)30(35)19-8-13-27(25(33)16-19)40-22-10-11-23-24(31(36)37)14-15-38-28(23)18-22/h3-13,16-18,24H,2,14-15H2,1H3,(H,36,37). The number of aliphatic carboxylic acids is 1. The summed E-state index contributed by atoms with van der Waals surface area (Å²) >= 11 is 12.8. The van der Waals surface area contributed by atoms with Crippen molar-refractivity contribution in [2.75, 3.05) is 18.1 Å². The molecule has 0 spiro atoms. The van der Waals surface area contributed by atoms with Gasteiger partial charge in [-0.2, -0.15) is 0 Å². The lowest BCUT2D eigenvalue weighted by Crippen LogP contribution is -2.31. The largest absolute Gasteiger partial charge is 0.493 e. The van der Waals surface area contributed by atoms with Gasteiger partial charge in [0.25, 0.3) is 5.91 Å². The van der Waals surface area contributed by atoms with E-state index in [1.165, 1.54) is 0 Å². The van der Waals surface area contributed by atoms with Gasteiger partial charge in [-0.3, -0.25) is 9.59 Å². The lowest BCUT2D eigenvalue weighted by molar-refractivity contribution is -0.139. The zero-order valence-electron chi connectivity index (χ0n) is 21.5. The van der Waals surface area contributed by atoms with Crippen molar-refractivity contribution in [3.8, 4) is 28.7 Å². The van der Waals surface area contributed by atoms with Gasteiger partial charge in [-0.1, -0.05) is 47.5 Å². The van der Waals surface area contributed by atoms with Crippen molar-refractivity contribution in [2.45, 2.75) is 19.3 Å². The van der Waals surface area contributed by atoms with E-state index in [2.05, 4.69) is 0 Å². The summed E-state index contributed by atoms with van der Waals surface area (Å²) in [6, 6.07) is 24.2. The molecule has 4 aromatic rings. The number of hydrogen-bond acceptors (Lipinski definition) is 5. The quantitative estimate of drug-likeness (QED) is 0.227. The molecule has 0 aromatic heterocycles. The van der Waals surface area contributed by atoms with Crippen LogP contribution in [0.1, 0.15) is 35.2 Å². The first-order valence-corrected chi connectivity index (χ1v) is 13.4. The summed E-state index contributed by atoms with van der Waals surface area (Å²) in [5.41, 5.74) is 1.53. The van der Waals surface area contributed by atoms with Gasteiger partial charge in [-0.25, -0.2) is 0 Å². The van der Waals surface area contributed by atoms with Crippen LogP contribution in [0.25, 0.3) is 0 Å². The summed E-state index contributed by atoms with van der Waals surface area (Å²) in [5, 5.41) is 10.2. The summed E-state index contributed by atoms with van der Waals surface area (Å²) in [5.74, 6) is 0.515. The number of carbonyl (C=O) groups excluding carboxylic acids is 1. The molecule has 0 bridgehead atoms. The van der Waals surface area contributed by atoms with Gasteiger partial charge in [0.05, 0.1) is 23.2 Å². The number of nitrogens with zero attached hydrogens (tertiary/aromatic N) is 1. The smallest absolute Gasteiger partial charge is 0.311 e. The number of benzene rings is 4. The van der Waals surface area contributed by atoms with Gasteiger partial charge in [0, 0.05) is 34.8 Å². The van der Waals surface area contributed by atoms with E-state index in [9.17, 15) is 14.7 Å². The lowest BCUT2D eigenvalue weighted by atomic mass is 9.93. The van der Waals surface area contributed by atoms with Crippen molar-refractivity contribution in [1.29, 1.82) is 0 Å². The highest BCUT2D eigenvalue weighted by atomic mass is 35.5. The van der Waals surface area contributed by atoms with E-state index in [-0.39, 0.29) is 10.9 Å². The summed E-state index contributed by atoms with van der Waals surface area (Å²) in [6.45, 7) is 2.55. The van der Waals surface area contributed by atoms with Gasteiger partial charge >= 0.3 is 5.97 Å². The van der Waals surface area contributed by atoms with Gasteiger partial charge < -0.3 is 24.2 Å². The Morgan fingerprint density at radius 2 is 1.70 bits per heavy atom. The molecule has 1 heterocycles. The Morgan fingerprint density at radius 1 is 0.925 bits per heavy atom. The molecule has 1 aliphatic heterocycles. The average Bonchev–Trinajstić information content (AvgIpc) is 2.95. The summed E-state index contributed by atoms with van der Waals surface area (Å²) in [4.78, 5) is 26.7. The maximum atomic E-state index is 13.6. The Bertz CT molecular complexity index is 1560. The number of carboxylic acids is 1. The van der Waals surface area contributed by atoms with Gasteiger partial charge in [0.2, 0.25) is 0 Å². The van der Waals surface area contributed by atoms with Crippen LogP contribution >= 0.6 is 23.2 Å². The minimum atomic E-state index is -0.889. The number of ether oxygens (including phenoxy) is 3. The molecule has 5 rings (SSSR count). The number of para-hydroxylation sites is 1. The number of rotatable bonds is 8. The van der Waals surface area contributed by atoms with E-state index >= 15 is 0 Å². The average molecular weight is 578 g/mol. The molecule has 1 aliphatic rings. The highest BCUT2D eigenvalue weighted by Gasteiger charge is 2.28. The molecule has 40 heavy (non-hydrogen) atoms. The molecule has 1 amide bonds. The molecule has 7 nitrogen and oxygen atoms in total. The number of carbonyl (C=O) groups is 2. The van der Waals surface area contributed by atoms with Crippen LogP contribution in [0.15, 0.2) is 84.9 Å². The topological polar surface area (TPSA) is 85.3 Å². The van der Waals surface area contributed by atoms with E-state index in [1.807, 2.05) is 37.3 Å². The number of anilines is 1. The van der Waals surface area contributed by atoms with Crippen molar-refractivity contribution < 1.29 is 28.9 Å². The van der Waals surface area contributed by atoms with E-state index < -0.39 is 11.9 Å². The second-order valence-electron chi connectivity index (χ2n) is 9.05. The second-order valence-corrected chi connectivity index (χ2v) is 9.90. The molecule has 0 fully saturated rings. The third-order valence-electron chi connectivity index (χ3n) is 6.47. The molecule has 0 saturated heterocycles. The Labute approximate surface area is 241 Å². The summed E-state index contributed by atoms with van der Waals surface area (Å²) < 4.78 is 17.7. The van der Waals surface area contributed by atoms with E-state index in [0.29, 0.717) is 70.2 Å². The van der Waals surface area contributed by atoms with Crippen LogP contribution in [-0.2, 0) is 4.79 Å². The molecular formula is C31H25Cl2NO6. The minimum absolute atomic E-state index is 0.237. The van der Waals surface area contributed by atoms with Gasteiger partial charge in [-0.05, 0) is 61.9 Å². The Morgan fingerprint density at radius 3 is 2.42 bits per heavy atom. The highest BCUT2D eigenvalue weighted by molar-refractivity contribution is 6.32. The van der Waals surface area contributed by atoms with Gasteiger partial charge in [-0.15, -0.1) is 0 Å². The Hall–Kier alpha value is -4.20. The third-order valence-corrected chi connectivity index (χ3v) is 7.00. The minimum Gasteiger partial charge on any atom is -0.493 e. The Balaban J connectivity index is 1.37. The first kappa shape index (κ1) is 27.4. The molecule has 0 radical (unpaired) electrons. The van der Waals surface area contributed by atoms with E-state index in [0.717, 1.165) is 0 Å². The lowest BCUT2D eigenvalue weighted by Gasteiger charge is -2.24. The first-order valence-electron chi connectivity index (χ1n) is 12.7. The van der Waals surface area contributed by atoms with Gasteiger partial charge in [0.1, 0.15) is 23.0 Å². The van der Waals surface area contributed by atoms with Crippen LogP contribution in [-0.4, -0.2) is 30.1 Å². The van der Waals surface area contributed by atoms with Crippen molar-refractivity contribution >= 4 is 40.8 Å². The molecule has 1 N–H and O–H groups in total. The molecule has 204 valence electrons. The van der Waals surface area contributed by atoms with Crippen LogP contribution in [0.2, 0.25) is 10.0 Å². The van der Waals surface area contributed by atoms with E-state index in [1.54, 1.807) is 59.5 Å². The molecule has 4 aromatic carbocycles. The highest BCUT2D eigenvalue weighted by Crippen LogP contribution is 2.39. The fraction of sp³-hybridized carbons (Fsp3) is 0.161. The normalized spacial score (nSPS) is 14.0. The Kier molecular flexibility index (Phi) is 8.14. The second kappa shape index (κ2) is 11.9. The van der Waals surface area contributed by atoms with Crippen molar-refractivity contribution in [3.63, 3.8) is 0 Å². The molecule has 0 aliphatic carbocycles. The number of halogens is 2. The molecule has 1 atom stereocenters. The first-order chi connectivity index (χ1) is 19.3. The molecule has 1 unspecified atom stereocenters. The fourth-order valence-electron chi connectivity index (χ4n) is 4.52. The van der Waals surface area contributed by atoms with Crippen LogP contribution in [0.3, 0.4) is 0 Å². The van der Waals surface area contributed by atoms with Crippen LogP contribution < -0.4 is 19.1 Å². The zero-order chi connectivity index (χ0) is 28.2. The van der Waals surface area contributed by atoms with Crippen molar-refractivity contribution in [3.05, 3.63) is 106 Å². The summed E-state index contributed by atoms with van der Waals surface area (Å²) in [6.07, 6.45) is 0.411. The van der Waals surface area contributed by atoms with Crippen molar-refractivity contribution in [2.24, 2.45) is 0 Å². The number of hydrogen-bond donors (Lipinski definition) is 1. The SMILES string of the molecule is CCN(C(=O)c1ccc(Oc2ccc3c(c2)OCCC3C(=O)O)c(Cl)c1)c1ccc(Cl)cc1Oc1ccccc1. The molecule has 9 heteroatoms.